The number of sulfonamides is 1. The van der Waals surface area contributed by atoms with Crippen molar-refractivity contribution in [2.45, 2.75) is 27.2 Å². The molecule has 4 rings (SSSR count). The fourth-order valence-electron chi connectivity index (χ4n) is 3.92. The molecule has 1 aromatic heterocycles. The van der Waals surface area contributed by atoms with Crippen LogP contribution in [0.2, 0.25) is 0 Å². The first kappa shape index (κ1) is 26.3. The van der Waals surface area contributed by atoms with Gasteiger partial charge in [0.1, 0.15) is 12.0 Å². The molecule has 0 aliphatic carbocycles. The van der Waals surface area contributed by atoms with Crippen LogP contribution in [0.4, 0.5) is 11.4 Å². The number of guanidine groups is 1. The van der Waals surface area contributed by atoms with E-state index < -0.39 is 27.9 Å². The molecule has 0 fully saturated rings. The van der Waals surface area contributed by atoms with Crippen LogP contribution in [0.3, 0.4) is 0 Å². The van der Waals surface area contributed by atoms with Crippen molar-refractivity contribution in [3.8, 4) is 0 Å². The molecule has 0 radical (unpaired) electrons. The summed E-state index contributed by atoms with van der Waals surface area (Å²) in [4.78, 5) is 24.4. The molecule has 2 unspecified atom stereocenters. The number of allylic oxidation sites excluding steroid dienone is 1. The Labute approximate surface area is 213 Å². The number of carbonyl (C=O) groups is 1. The Morgan fingerprint density at radius 1 is 1.25 bits per heavy atom. The monoisotopic (exact) mass is 551 g/mol. The van der Waals surface area contributed by atoms with Gasteiger partial charge in [0, 0.05) is 17.7 Å². The molecule has 0 saturated carbocycles. The standard InChI is InChI=1S/C23H27N4O6PS2/c1-23(2,3)8-9-27(13-17(15-7-10-35-14-15)19(28)12-21(27)29)22-24-18-6-5-16(26-36(4,32)33)11-20(18)34(30,31)25-22/h5-7,10-14,26H,8-9H2,1-4H3,(H2-,24,25,28,29,30,31)/p+1. The highest BCUT2D eigenvalue weighted by molar-refractivity contribution is 7.92. The van der Waals surface area contributed by atoms with Gasteiger partial charge >= 0.3 is 19.4 Å². The van der Waals surface area contributed by atoms with Crippen LogP contribution in [-0.2, 0) is 19.4 Å². The fraction of sp³-hybridized carbons (Fsp3) is 0.304. The first-order chi connectivity index (χ1) is 16.6. The number of hydrogen-bond donors (Lipinski definition) is 4. The van der Waals surface area contributed by atoms with E-state index in [-0.39, 0.29) is 40.4 Å². The van der Waals surface area contributed by atoms with E-state index in [2.05, 4.69) is 14.8 Å². The maximum Gasteiger partial charge on any atom is 0.354 e. The van der Waals surface area contributed by atoms with Gasteiger partial charge in [0.2, 0.25) is 10.0 Å². The molecule has 0 spiro atoms. The first-order valence-corrected chi connectivity index (χ1v) is 15.5. The lowest BCUT2D eigenvalue weighted by atomic mass is 9.91. The molecule has 192 valence electrons. The van der Waals surface area contributed by atoms with Crippen molar-refractivity contribution in [1.29, 1.82) is 0 Å². The minimum Gasteiger partial charge on any atom is -0.507 e. The minimum absolute atomic E-state index is 0.0529. The Morgan fingerprint density at radius 2 is 1.97 bits per heavy atom. The van der Waals surface area contributed by atoms with Gasteiger partial charge in [-0.25, -0.2) is 13.2 Å². The number of amides is 1. The number of fused-ring (bicyclic) bond motifs is 1. The summed E-state index contributed by atoms with van der Waals surface area (Å²) in [6.45, 7) is 6.28. The van der Waals surface area contributed by atoms with Crippen LogP contribution in [0.1, 0.15) is 32.8 Å². The molecule has 13 heteroatoms. The van der Waals surface area contributed by atoms with Crippen LogP contribution in [0.25, 0.3) is 5.57 Å². The minimum atomic E-state index is -4.41. The Bertz CT molecular complexity index is 1470. The number of benzene rings is 1. The quantitative estimate of drug-likeness (QED) is 0.325. The van der Waals surface area contributed by atoms with E-state index in [9.17, 15) is 27.8 Å². The summed E-state index contributed by atoms with van der Waals surface area (Å²) in [6, 6.07) is 5.98. The van der Waals surface area contributed by atoms with Crippen LogP contribution >= 0.6 is 18.9 Å². The summed E-state index contributed by atoms with van der Waals surface area (Å²) in [7, 11) is -8.01. The molecule has 2 aliphatic heterocycles. The Kier molecular flexibility index (Phi) is 6.55. The summed E-state index contributed by atoms with van der Waals surface area (Å²) >= 11 is 1.43. The van der Waals surface area contributed by atoms with Crippen molar-refractivity contribution < 1.29 is 32.3 Å². The molecule has 4 N–H and O–H groups in total. The smallest absolute Gasteiger partial charge is 0.354 e. The number of quaternary nitrogens is 1. The fourth-order valence-corrected chi connectivity index (χ4v) is 6.46. The molecule has 1 amide bonds. The van der Waals surface area contributed by atoms with Gasteiger partial charge in [0.25, 0.3) is 0 Å². The topological polar surface area (TPSA) is 145 Å². The molecular weight excluding hydrogens is 523 g/mol. The molecule has 3 heterocycles. The number of carbonyl (C=O) groups excluding carboxylic acids is 1. The normalized spacial score (nSPS) is 24.2. The molecule has 0 saturated heterocycles. The van der Waals surface area contributed by atoms with Crippen molar-refractivity contribution >= 4 is 63.0 Å². The van der Waals surface area contributed by atoms with Gasteiger partial charge < -0.3 is 10.00 Å². The highest BCUT2D eigenvalue weighted by Gasteiger charge is 2.48. The third-order valence-corrected chi connectivity index (χ3v) is 8.54. The maximum atomic E-state index is 13.5. The molecule has 2 atom stereocenters. The second kappa shape index (κ2) is 8.97. The van der Waals surface area contributed by atoms with Crippen molar-refractivity contribution in [1.82, 2.24) is 0 Å². The number of aliphatic hydroxyl groups is 1. The van der Waals surface area contributed by atoms with Gasteiger partial charge in [-0.3, -0.25) is 14.6 Å². The largest absolute Gasteiger partial charge is 0.507 e. The van der Waals surface area contributed by atoms with Crippen LogP contribution in [-0.4, -0.2) is 47.6 Å². The summed E-state index contributed by atoms with van der Waals surface area (Å²) in [5, 5.41) is 17.2. The van der Waals surface area contributed by atoms with E-state index in [1.165, 1.54) is 29.5 Å². The van der Waals surface area contributed by atoms with Gasteiger partial charge in [-0.15, -0.1) is 4.76 Å². The lowest BCUT2D eigenvalue weighted by Crippen LogP contribution is -2.58. The second-order valence-electron chi connectivity index (χ2n) is 10.0. The van der Waals surface area contributed by atoms with Crippen molar-refractivity contribution in [3.63, 3.8) is 0 Å². The average molecular weight is 552 g/mol. The zero-order chi connectivity index (χ0) is 26.5. The zero-order valence-corrected chi connectivity index (χ0v) is 22.7. The summed E-state index contributed by atoms with van der Waals surface area (Å²) in [5.41, 5.74) is 1.30. The van der Waals surface area contributed by atoms with Crippen LogP contribution in [0, 0.1) is 5.41 Å². The number of thiophene rings is 1. The van der Waals surface area contributed by atoms with E-state index in [1.54, 1.807) is 6.20 Å². The van der Waals surface area contributed by atoms with Gasteiger partial charge in [-0.05, 0) is 40.4 Å². The Hall–Kier alpha value is -2.76. The Balaban J connectivity index is 1.86. The number of hydrogen-bond acceptors (Lipinski definition) is 7. The van der Waals surface area contributed by atoms with Crippen molar-refractivity contribution in [3.05, 3.63) is 58.6 Å². The average Bonchev–Trinajstić information content (AvgIpc) is 3.26. The lowest BCUT2D eigenvalue weighted by Gasteiger charge is -2.37. The van der Waals surface area contributed by atoms with Crippen LogP contribution < -0.4 is 15.3 Å². The number of aliphatic hydroxyl groups excluding tert-OH is 1. The second-order valence-corrected chi connectivity index (χ2v) is 14.3. The lowest BCUT2D eigenvalue weighted by molar-refractivity contribution is -0.706. The van der Waals surface area contributed by atoms with Crippen molar-refractivity contribution in [2.75, 3.05) is 22.8 Å². The van der Waals surface area contributed by atoms with E-state index in [0.29, 0.717) is 17.6 Å². The van der Waals surface area contributed by atoms with Crippen LogP contribution in [0.5, 0.6) is 0 Å². The van der Waals surface area contributed by atoms with Gasteiger partial charge in [-0.2, -0.15) is 15.8 Å². The van der Waals surface area contributed by atoms with Crippen LogP contribution in [0.15, 0.2) is 57.8 Å². The number of anilines is 2. The predicted octanol–water partition coefficient (Wildman–Crippen LogP) is 3.99. The third-order valence-electron chi connectivity index (χ3n) is 5.80. The highest BCUT2D eigenvalue weighted by atomic mass is 32.2. The molecular formula is C23H28N4O6PS2+. The van der Waals surface area contributed by atoms with Crippen molar-refractivity contribution in [2.24, 2.45) is 10.2 Å². The first-order valence-electron chi connectivity index (χ1n) is 11.0. The number of rotatable bonds is 5. The summed E-state index contributed by atoms with van der Waals surface area (Å²) in [6.07, 6.45) is 4.23. The molecule has 1 aromatic carbocycles. The van der Waals surface area contributed by atoms with E-state index in [0.717, 1.165) is 12.3 Å². The number of nitrogens with zero attached hydrogens (tertiary/aromatic N) is 2. The number of nitrogens with one attached hydrogen (secondary N) is 2. The summed E-state index contributed by atoms with van der Waals surface area (Å²) in [5.74, 6) is -0.757. The maximum absolute atomic E-state index is 13.5. The van der Waals surface area contributed by atoms with Gasteiger partial charge in [-0.1, -0.05) is 20.8 Å². The van der Waals surface area contributed by atoms with Gasteiger partial charge in [0.15, 0.2) is 0 Å². The highest BCUT2D eigenvalue weighted by Crippen LogP contribution is 2.48. The SMILES string of the molecule is CC(C)(C)CC[N+]1(C2=NP(=O)(O)c3cc(NS(C)(=O)=O)ccc3N2)C=C(c2ccsc2)C(O)=CC1=O. The molecule has 10 nitrogen and oxygen atoms in total. The Morgan fingerprint density at radius 3 is 2.58 bits per heavy atom. The van der Waals surface area contributed by atoms with E-state index in [4.69, 9.17) is 0 Å². The molecule has 2 aromatic rings. The molecule has 2 aliphatic rings. The molecule has 0 bridgehead atoms. The van der Waals surface area contributed by atoms with Gasteiger partial charge in [0.05, 0.1) is 35.4 Å². The van der Waals surface area contributed by atoms with E-state index in [1.807, 2.05) is 37.6 Å². The zero-order valence-electron chi connectivity index (χ0n) is 20.2. The summed E-state index contributed by atoms with van der Waals surface area (Å²) < 4.78 is 42.5. The molecule has 36 heavy (non-hydrogen) atoms. The van der Waals surface area contributed by atoms with E-state index >= 15 is 0 Å². The third kappa shape index (κ3) is 5.33. The predicted molar refractivity (Wildman–Crippen MR) is 143 cm³/mol.